The van der Waals surface area contributed by atoms with E-state index in [0.29, 0.717) is 5.92 Å². The van der Waals surface area contributed by atoms with E-state index in [0.717, 1.165) is 30.5 Å². The molecule has 2 aromatic carbocycles. The summed E-state index contributed by atoms with van der Waals surface area (Å²) in [5, 5.41) is 2.41. The molecule has 1 atom stereocenters. The van der Waals surface area contributed by atoms with Crippen LogP contribution >= 0.6 is 0 Å². The number of hydrogen-bond acceptors (Lipinski definition) is 2. The molecule has 0 aliphatic rings. The second-order valence-electron chi connectivity index (χ2n) is 7.36. The lowest BCUT2D eigenvalue weighted by Crippen LogP contribution is -2.82. The van der Waals surface area contributed by atoms with Gasteiger partial charge >= 0.3 is 0 Å². The zero-order chi connectivity index (χ0) is 18.8. The maximum absolute atomic E-state index is 5.30. The van der Waals surface area contributed by atoms with E-state index in [9.17, 15) is 0 Å². The molecule has 3 nitrogen and oxygen atoms in total. The molecule has 3 heteroatoms. The Hall–Kier alpha value is -2.00. The number of ether oxygens (including phenoxy) is 2. The third-order valence-corrected chi connectivity index (χ3v) is 4.94. The molecule has 0 unspecified atom stereocenters. The summed E-state index contributed by atoms with van der Waals surface area (Å²) in [5.74, 6) is 3.22. The van der Waals surface area contributed by atoms with Crippen molar-refractivity contribution < 1.29 is 14.8 Å². The Morgan fingerprint density at radius 3 is 1.88 bits per heavy atom. The predicted octanol–water partition coefficient (Wildman–Crippen LogP) is 4.38. The van der Waals surface area contributed by atoms with Crippen LogP contribution in [0.15, 0.2) is 48.5 Å². The average Bonchev–Trinajstić information content (AvgIpc) is 2.68. The van der Waals surface area contributed by atoms with Crippen LogP contribution in [0.25, 0.3) is 0 Å². The first-order valence-electron chi connectivity index (χ1n) is 9.71. The van der Waals surface area contributed by atoms with Crippen molar-refractivity contribution in [2.75, 3.05) is 20.8 Å². The largest absolute Gasteiger partial charge is 0.497 e. The minimum Gasteiger partial charge on any atom is -0.497 e. The molecule has 0 saturated carbocycles. The molecule has 0 amide bonds. The molecule has 0 aromatic heterocycles. The fraction of sp³-hybridized carbons (Fsp3) is 0.478. The summed E-state index contributed by atoms with van der Waals surface area (Å²) >= 11 is 0. The third kappa shape index (κ3) is 6.72. The molecular formula is C23H34NO2+. The van der Waals surface area contributed by atoms with Gasteiger partial charge in [0.15, 0.2) is 0 Å². The number of quaternary nitrogens is 1. The minimum absolute atomic E-state index is 0.621. The van der Waals surface area contributed by atoms with Gasteiger partial charge in [0.05, 0.1) is 20.8 Å². The first kappa shape index (κ1) is 20.3. The van der Waals surface area contributed by atoms with Crippen molar-refractivity contribution in [3.8, 4) is 11.5 Å². The maximum atomic E-state index is 5.30. The van der Waals surface area contributed by atoms with Gasteiger partial charge in [-0.05, 0) is 60.2 Å². The summed E-state index contributed by atoms with van der Waals surface area (Å²) in [6.07, 6.45) is 3.73. The Bertz CT molecular complexity index is 620. The topological polar surface area (TPSA) is 35.1 Å². The standard InChI is InChI=1S/C23H33NO2/c1-18(2)5-8-21(20-9-13-23(26-4)14-10-20)15-16-24-17-19-6-11-22(25-3)12-7-19/h6-7,9-14,18,21,24H,5,8,15-17H2,1-4H3/p+1/t21-/m1/s1. The number of benzene rings is 2. The number of nitrogens with two attached hydrogens (primary N) is 1. The van der Waals surface area contributed by atoms with E-state index in [1.807, 2.05) is 12.1 Å². The van der Waals surface area contributed by atoms with Crippen molar-refractivity contribution in [3.05, 3.63) is 59.7 Å². The van der Waals surface area contributed by atoms with E-state index in [1.54, 1.807) is 14.2 Å². The van der Waals surface area contributed by atoms with E-state index in [2.05, 4.69) is 55.6 Å². The van der Waals surface area contributed by atoms with Gasteiger partial charge in [-0.1, -0.05) is 32.4 Å². The lowest BCUT2D eigenvalue weighted by atomic mass is 9.88. The highest BCUT2D eigenvalue weighted by molar-refractivity contribution is 5.29. The summed E-state index contributed by atoms with van der Waals surface area (Å²) in [6, 6.07) is 17.0. The minimum atomic E-state index is 0.621. The molecule has 0 bridgehead atoms. The van der Waals surface area contributed by atoms with E-state index in [1.165, 1.54) is 30.4 Å². The molecule has 0 aliphatic carbocycles. The van der Waals surface area contributed by atoms with Gasteiger partial charge in [-0.2, -0.15) is 0 Å². The fourth-order valence-corrected chi connectivity index (χ4v) is 3.24. The highest BCUT2D eigenvalue weighted by Crippen LogP contribution is 2.27. The first-order valence-corrected chi connectivity index (χ1v) is 9.71. The molecule has 142 valence electrons. The Morgan fingerprint density at radius 2 is 1.35 bits per heavy atom. The van der Waals surface area contributed by atoms with Gasteiger partial charge in [-0.15, -0.1) is 0 Å². The average molecular weight is 357 g/mol. The predicted molar refractivity (Wildman–Crippen MR) is 108 cm³/mol. The SMILES string of the molecule is COc1ccc(C[NH2+]CC[C@@H](CCC(C)C)c2ccc(OC)cc2)cc1. The first-order chi connectivity index (χ1) is 12.6. The molecule has 2 rings (SSSR count). The van der Waals surface area contributed by atoms with Crippen LogP contribution in [0.4, 0.5) is 0 Å². The number of hydrogen-bond donors (Lipinski definition) is 1. The molecular weight excluding hydrogens is 322 g/mol. The summed E-state index contributed by atoms with van der Waals surface area (Å²) in [6.45, 7) is 6.77. The molecule has 26 heavy (non-hydrogen) atoms. The van der Waals surface area contributed by atoms with Gasteiger partial charge in [0.1, 0.15) is 18.0 Å². The highest BCUT2D eigenvalue weighted by atomic mass is 16.5. The van der Waals surface area contributed by atoms with Crippen molar-refractivity contribution >= 4 is 0 Å². The molecule has 2 aromatic rings. The Kier molecular flexibility index (Phi) is 8.49. The molecule has 0 fully saturated rings. The Labute approximate surface area is 158 Å². The molecule has 0 spiro atoms. The van der Waals surface area contributed by atoms with Gasteiger partial charge < -0.3 is 14.8 Å². The van der Waals surface area contributed by atoms with Crippen molar-refractivity contribution in [1.82, 2.24) is 0 Å². The Morgan fingerprint density at radius 1 is 0.769 bits per heavy atom. The summed E-state index contributed by atoms with van der Waals surface area (Å²) in [4.78, 5) is 0. The smallest absolute Gasteiger partial charge is 0.118 e. The lowest BCUT2D eigenvalue weighted by molar-refractivity contribution is -0.671. The molecule has 0 saturated heterocycles. The zero-order valence-corrected chi connectivity index (χ0v) is 16.7. The van der Waals surface area contributed by atoms with Crippen molar-refractivity contribution in [1.29, 1.82) is 0 Å². The Balaban J connectivity index is 1.86. The van der Waals surface area contributed by atoms with Crippen LogP contribution < -0.4 is 14.8 Å². The van der Waals surface area contributed by atoms with Crippen LogP contribution in [0.1, 0.15) is 50.2 Å². The molecule has 0 radical (unpaired) electrons. The number of rotatable bonds is 11. The third-order valence-electron chi connectivity index (χ3n) is 4.94. The van der Waals surface area contributed by atoms with Gasteiger partial charge in [-0.3, -0.25) is 0 Å². The summed E-state index contributed by atoms with van der Waals surface area (Å²) in [7, 11) is 3.43. The monoisotopic (exact) mass is 356 g/mol. The van der Waals surface area contributed by atoms with Gasteiger partial charge in [0, 0.05) is 12.0 Å². The summed E-state index contributed by atoms with van der Waals surface area (Å²) < 4.78 is 10.5. The van der Waals surface area contributed by atoms with Crippen LogP contribution in [0.2, 0.25) is 0 Å². The normalized spacial score (nSPS) is 12.2. The van der Waals surface area contributed by atoms with Crippen LogP contribution in [-0.4, -0.2) is 20.8 Å². The molecule has 0 aliphatic heterocycles. The van der Waals surface area contributed by atoms with Crippen molar-refractivity contribution in [2.24, 2.45) is 5.92 Å². The fourth-order valence-electron chi connectivity index (χ4n) is 3.24. The second kappa shape index (κ2) is 10.9. The van der Waals surface area contributed by atoms with Crippen LogP contribution in [-0.2, 0) is 6.54 Å². The van der Waals surface area contributed by atoms with Gasteiger partial charge in [0.25, 0.3) is 0 Å². The van der Waals surface area contributed by atoms with Crippen molar-refractivity contribution in [2.45, 2.75) is 45.6 Å². The highest BCUT2D eigenvalue weighted by Gasteiger charge is 2.13. The molecule has 0 heterocycles. The van der Waals surface area contributed by atoms with Crippen LogP contribution in [0, 0.1) is 5.92 Å². The maximum Gasteiger partial charge on any atom is 0.118 e. The second-order valence-corrected chi connectivity index (χ2v) is 7.36. The van der Waals surface area contributed by atoms with Gasteiger partial charge in [0.2, 0.25) is 0 Å². The van der Waals surface area contributed by atoms with Crippen LogP contribution in [0.5, 0.6) is 11.5 Å². The zero-order valence-electron chi connectivity index (χ0n) is 16.7. The number of methoxy groups -OCH3 is 2. The van der Waals surface area contributed by atoms with E-state index in [-0.39, 0.29) is 0 Å². The van der Waals surface area contributed by atoms with E-state index < -0.39 is 0 Å². The van der Waals surface area contributed by atoms with Crippen LogP contribution in [0.3, 0.4) is 0 Å². The quantitative estimate of drug-likeness (QED) is 0.607. The van der Waals surface area contributed by atoms with Gasteiger partial charge in [-0.25, -0.2) is 0 Å². The van der Waals surface area contributed by atoms with Crippen molar-refractivity contribution in [3.63, 3.8) is 0 Å². The molecule has 2 N–H and O–H groups in total. The van der Waals surface area contributed by atoms with E-state index in [4.69, 9.17) is 9.47 Å². The van der Waals surface area contributed by atoms with E-state index >= 15 is 0 Å². The summed E-state index contributed by atoms with van der Waals surface area (Å²) in [5.41, 5.74) is 2.78. The lowest BCUT2D eigenvalue weighted by Gasteiger charge is -2.18.